The number of amides is 1. The molecule has 0 bridgehead atoms. The van der Waals surface area contributed by atoms with E-state index in [9.17, 15) is 9.18 Å². The van der Waals surface area contributed by atoms with Crippen molar-refractivity contribution < 1.29 is 9.18 Å². The van der Waals surface area contributed by atoms with Crippen molar-refractivity contribution in [2.45, 2.75) is 5.92 Å². The van der Waals surface area contributed by atoms with Crippen LogP contribution in [0, 0.1) is 5.82 Å². The van der Waals surface area contributed by atoms with Crippen molar-refractivity contribution >= 4 is 16.9 Å². The molecule has 3 heterocycles. The van der Waals surface area contributed by atoms with Gasteiger partial charge >= 0.3 is 0 Å². The zero-order valence-corrected chi connectivity index (χ0v) is 11.7. The van der Waals surface area contributed by atoms with E-state index in [1.54, 1.807) is 4.90 Å². The van der Waals surface area contributed by atoms with E-state index >= 15 is 0 Å². The summed E-state index contributed by atoms with van der Waals surface area (Å²) < 4.78 is 13.6. The number of pyridine rings is 1. The van der Waals surface area contributed by atoms with Crippen LogP contribution in [0.5, 0.6) is 0 Å². The number of carbonyl (C=O) groups excluding carboxylic acids is 1. The molecule has 1 aliphatic rings. The fourth-order valence-electron chi connectivity index (χ4n) is 2.70. The molecule has 1 aromatic carbocycles. The highest BCUT2D eigenvalue weighted by Crippen LogP contribution is 2.28. The van der Waals surface area contributed by atoms with Crippen molar-refractivity contribution in [1.29, 1.82) is 0 Å². The molecule has 2 aromatic heterocycles. The summed E-state index contributed by atoms with van der Waals surface area (Å²) in [7, 11) is 0. The quantitative estimate of drug-likeness (QED) is 0.789. The summed E-state index contributed by atoms with van der Waals surface area (Å²) in [6.45, 7) is 1.08. The number of nitrogens with zero attached hydrogens (tertiary/aromatic N) is 3. The zero-order valence-electron chi connectivity index (χ0n) is 11.7. The van der Waals surface area contributed by atoms with Gasteiger partial charge < -0.3 is 9.88 Å². The van der Waals surface area contributed by atoms with E-state index in [0.717, 1.165) is 23.1 Å². The normalized spacial score (nSPS) is 15.0. The first-order valence-corrected chi connectivity index (χ1v) is 7.06. The second kappa shape index (κ2) is 4.91. The molecule has 0 spiro atoms. The minimum Gasteiger partial charge on any atom is -0.342 e. The number of nitrogens with one attached hydrogen (secondary N) is 1. The Hall–Kier alpha value is -2.76. The predicted octanol–water partition coefficient (Wildman–Crippen LogP) is 2.34. The number of hydrogen-bond acceptors (Lipinski definition) is 3. The average Bonchev–Trinajstić information content (AvgIpc) is 2.89. The molecule has 0 radical (unpaired) electrons. The number of aromatic nitrogens is 3. The minimum atomic E-state index is -0.584. The maximum Gasteiger partial charge on any atom is 0.256 e. The number of likely N-dealkylation sites (tertiary alicyclic amines) is 1. The number of rotatable bonds is 2. The van der Waals surface area contributed by atoms with Crippen LogP contribution < -0.4 is 0 Å². The highest BCUT2D eigenvalue weighted by molar-refractivity contribution is 5.95. The Morgan fingerprint density at radius 1 is 1.27 bits per heavy atom. The van der Waals surface area contributed by atoms with Crippen LogP contribution >= 0.6 is 0 Å². The lowest BCUT2D eigenvalue weighted by molar-refractivity contribution is 0.0590. The number of halogens is 1. The molecule has 1 N–H and O–H groups in total. The maximum atomic E-state index is 13.6. The molecule has 1 saturated heterocycles. The number of fused-ring (bicyclic) bond motifs is 1. The van der Waals surface area contributed by atoms with Gasteiger partial charge in [0.1, 0.15) is 5.82 Å². The van der Waals surface area contributed by atoms with Crippen molar-refractivity contribution in [1.82, 2.24) is 19.9 Å². The summed E-state index contributed by atoms with van der Waals surface area (Å²) in [6.07, 6.45) is 2.48. The van der Waals surface area contributed by atoms with Crippen LogP contribution in [0.3, 0.4) is 0 Å². The summed E-state index contributed by atoms with van der Waals surface area (Å²) in [6, 6.07) is 9.22. The first kappa shape index (κ1) is 12.9. The highest BCUT2D eigenvalue weighted by atomic mass is 19.1. The van der Waals surface area contributed by atoms with E-state index in [0.29, 0.717) is 13.1 Å². The van der Waals surface area contributed by atoms with Crippen LogP contribution in [0.25, 0.3) is 11.0 Å². The van der Waals surface area contributed by atoms with Crippen molar-refractivity contribution in [2.75, 3.05) is 13.1 Å². The lowest BCUT2D eigenvalue weighted by Crippen LogP contribution is -2.49. The average molecular weight is 296 g/mol. The van der Waals surface area contributed by atoms with E-state index in [4.69, 9.17) is 0 Å². The number of imidazole rings is 1. The smallest absolute Gasteiger partial charge is 0.256 e. The predicted molar refractivity (Wildman–Crippen MR) is 78.9 cm³/mol. The molecule has 6 heteroatoms. The van der Waals surface area contributed by atoms with Crippen molar-refractivity contribution in [3.63, 3.8) is 0 Å². The van der Waals surface area contributed by atoms with Crippen molar-refractivity contribution in [3.05, 3.63) is 59.9 Å². The number of H-pyrrole nitrogens is 1. The summed E-state index contributed by atoms with van der Waals surface area (Å²) >= 11 is 0. The molecule has 1 amide bonds. The van der Waals surface area contributed by atoms with E-state index in [1.807, 2.05) is 24.3 Å². The minimum absolute atomic E-state index is 0.0676. The van der Waals surface area contributed by atoms with Crippen LogP contribution in [0.2, 0.25) is 0 Å². The van der Waals surface area contributed by atoms with Crippen LogP contribution in [0.15, 0.2) is 42.7 Å². The molecule has 0 saturated carbocycles. The van der Waals surface area contributed by atoms with Gasteiger partial charge in [0.25, 0.3) is 5.91 Å². The number of hydrogen-bond donors (Lipinski definition) is 1. The number of benzene rings is 1. The first-order valence-electron chi connectivity index (χ1n) is 7.06. The second-order valence-electron chi connectivity index (χ2n) is 5.40. The van der Waals surface area contributed by atoms with E-state index in [2.05, 4.69) is 15.0 Å². The summed E-state index contributed by atoms with van der Waals surface area (Å²) in [4.78, 5) is 25.3. The molecule has 0 unspecified atom stereocenters. The molecular formula is C16H13FN4O. The summed E-state index contributed by atoms with van der Waals surface area (Å²) in [5.74, 6) is 0.161. The third-order valence-electron chi connectivity index (χ3n) is 3.97. The van der Waals surface area contributed by atoms with Gasteiger partial charge in [0.15, 0.2) is 5.82 Å². The molecule has 4 rings (SSSR count). The first-order chi connectivity index (χ1) is 10.7. The molecule has 0 atom stereocenters. The second-order valence-corrected chi connectivity index (χ2v) is 5.40. The molecule has 1 fully saturated rings. The largest absolute Gasteiger partial charge is 0.342 e. The van der Waals surface area contributed by atoms with Crippen LogP contribution in [-0.4, -0.2) is 38.8 Å². The van der Waals surface area contributed by atoms with E-state index in [-0.39, 0.29) is 17.4 Å². The summed E-state index contributed by atoms with van der Waals surface area (Å²) in [5.41, 5.74) is 1.97. The van der Waals surface area contributed by atoms with Gasteiger partial charge in [0.2, 0.25) is 0 Å². The number of carbonyl (C=O) groups is 1. The van der Waals surface area contributed by atoms with E-state index in [1.165, 1.54) is 12.3 Å². The van der Waals surface area contributed by atoms with Crippen LogP contribution in [-0.2, 0) is 0 Å². The lowest BCUT2D eigenvalue weighted by atomic mass is 9.98. The van der Waals surface area contributed by atoms with Gasteiger partial charge in [0, 0.05) is 19.3 Å². The Bertz CT molecular complexity index is 821. The van der Waals surface area contributed by atoms with E-state index < -0.39 is 5.82 Å². The topological polar surface area (TPSA) is 61.9 Å². The third-order valence-corrected chi connectivity index (χ3v) is 3.97. The third kappa shape index (κ3) is 2.04. The van der Waals surface area contributed by atoms with Crippen molar-refractivity contribution in [2.24, 2.45) is 0 Å². The molecular weight excluding hydrogens is 283 g/mol. The highest BCUT2D eigenvalue weighted by Gasteiger charge is 2.35. The molecule has 22 heavy (non-hydrogen) atoms. The van der Waals surface area contributed by atoms with Gasteiger partial charge in [-0.1, -0.05) is 12.1 Å². The van der Waals surface area contributed by atoms with Gasteiger partial charge in [-0.05, 0) is 18.2 Å². The van der Waals surface area contributed by atoms with Gasteiger partial charge in [-0.3, -0.25) is 9.78 Å². The number of aromatic amines is 1. The fourth-order valence-corrected chi connectivity index (χ4v) is 2.70. The zero-order chi connectivity index (χ0) is 15.1. The number of para-hydroxylation sites is 2. The summed E-state index contributed by atoms with van der Waals surface area (Å²) in [5, 5.41) is 0. The molecule has 3 aromatic rings. The Labute approximate surface area is 125 Å². The van der Waals surface area contributed by atoms with Gasteiger partial charge in [-0.2, -0.15) is 0 Å². The van der Waals surface area contributed by atoms with Gasteiger partial charge in [-0.25, -0.2) is 9.37 Å². The Morgan fingerprint density at radius 3 is 2.86 bits per heavy atom. The van der Waals surface area contributed by atoms with Gasteiger partial charge in [0.05, 0.1) is 28.7 Å². The SMILES string of the molecule is O=C(c1ccncc1F)N1CC(c2nc3ccccc3[nH]2)C1. The molecule has 1 aliphatic heterocycles. The standard InChI is InChI=1S/C16H13FN4O/c17-12-7-18-6-5-11(12)16(22)21-8-10(9-21)15-19-13-3-1-2-4-14(13)20-15/h1-7,10H,8-9H2,(H,19,20). The molecule has 0 aliphatic carbocycles. The Balaban J connectivity index is 1.50. The Kier molecular flexibility index (Phi) is 2.89. The molecule has 110 valence electrons. The van der Waals surface area contributed by atoms with Gasteiger partial charge in [-0.15, -0.1) is 0 Å². The monoisotopic (exact) mass is 296 g/mol. The Morgan fingerprint density at radius 2 is 2.09 bits per heavy atom. The van der Waals surface area contributed by atoms with Crippen molar-refractivity contribution in [3.8, 4) is 0 Å². The maximum absolute atomic E-state index is 13.6. The molecule has 5 nitrogen and oxygen atoms in total. The van der Waals surface area contributed by atoms with Crippen LogP contribution in [0.4, 0.5) is 4.39 Å². The fraction of sp³-hybridized carbons (Fsp3) is 0.188. The van der Waals surface area contributed by atoms with Crippen LogP contribution in [0.1, 0.15) is 22.1 Å². The lowest BCUT2D eigenvalue weighted by Gasteiger charge is -2.38.